The molecule has 1 rings (SSSR count). The van der Waals surface area contributed by atoms with Gasteiger partial charge >= 0.3 is 0 Å². The summed E-state index contributed by atoms with van der Waals surface area (Å²) in [6.45, 7) is 9.07. The van der Waals surface area contributed by atoms with Crippen molar-refractivity contribution < 1.29 is 4.74 Å². The van der Waals surface area contributed by atoms with E-state index in [-0.39, 0.29) is 0 Å². The molecule has 1 atom stereocenters. The van der Waals surface area contributed by atoms with Crippen LogP contribution < -0.4 is 4.74 Å². The zero-order chi connectivity index (χ0) is 13.7. The molecule has 1 aromatic carbocycles. The first-order valence-electron chi connectivity index (χ1n) is 6.25. The van der Waals surface area contributed by atoms with Gasteiger partial charge in [-0.2, -0.15) is 0 Å². The van der Waals surface area contributed by atoms with Gasteiger partial charge in [-0.05, 0) is 42.0 Å². The molecule has 0 saturated heterocycles. The molecule has 0 N–H and O–H groups in total. The Kier molecular flexibility index (Phi) is 6.04. The second kappa shape index (κ2) is 7.06. The molecular weight excluding hydrogens is 267 g/mol. The molecule has 0 saturated carbocycles. The minimum absolute atomic E-state index is 0.298. The molecule has 0 bridgehead atoms. The number of hydrogen-bond acceptors (Lipinski definition) is 1. The van der Waals surface area contributed by atoms with Gasteiger partial charge in [0.15, 0.2) is 0 Å². The van der Waals surface area contributed by atoms with Crippen molar-refractivity contribution in [2.45, 2.75) is 27.7 Å². The quantitative estimate of drug-likeness (QED) is 0.692. The average molecular weight is 287 g/mol. The molecule has 1 unspecified atom stereocenters. The van der Waals surface area contributed by atoms with Crippen LogP contribution in [0, 0.1) is 11.8 Å². The van der Waals surface area contributed by atoms with Crippen LogP contribution >= 0.6 is 23.2 Å². The molecule has 0 radical (unpaired) electrons. The van der Waals surface area contributed by atoms with E-state index in [0.29, 0.717) is 22.9 Å². The second-order valence-corrected chi connectivity index (χ2v) is 5.62. The van der Waals surface area contributed by atoms with Crippen LogP contribution in [0.15, 0.2) is 28.8 Å². The van der Waals surface area contributed by atoms with Gasteiger partial charge in [0.05, 0.1) is 6.61 Å². The Morgan fingerprint density at radius 2 is 1.89 bits per heavy atom. The molecule has 0 aromatic heterocycles. The first-order chi connectivity index (χ1) is 8.47. The Hall–Kier alpha value is -0.660. The van der Waals surface area contributed by atoms with Gasteiger partial charge in [-0.3, -0.25) is 0 Å². The third kappa shape index (κ3) is 3.93. The van der Waals surface area contributed by atoms with Crippen molar-refractivity contribution in [3.63, 3.8) is 0 Å². The molecular formula is C15H20Cl2O. The third-order valence-electron chi connectivity index (χ3n) is 3.11. The van der Waals surface area contributed by atoms with E-state index in [1.54, 1.807) is 0 Å². The topological polar surface area (TPSA) is 9.23 Å². The van der Waals surface area contributed by atoms with Crippen LogP contribution in [0.2, 0.25) is 0 Å². The van der Waals surface area contributed by atoms with Crippen LogP contribution in [0.4, 0.5) is 0 Å². The summed E-state index contributed by atoms with van der Waals surface area (Å²) in [5, 5.41) is 0. The second-order valence-electron chi connectivity index (χ2n) is 4.67. The van der Waals surface area contributed by atoms with Gasteiger partial charge in [-0.25, -0.2) is 0 Å². The van der Waals surface area contributed by atoms with Gasteiger partial charge in [0.25, 0.3) is 0 Å². The van der Waals surface area contributed by atoms with E-state index in [2.05, 4.69) is 20.8 Å². The summed E-state index contributed by atoms with van der Waals surface area (Å²) in [7, 11) is 0. The third-order valence-corrected chi connectivity index (χ3v) is 3.52. The highest BCUT2D eigenvalue weighted by Crippen LogP contribution is 2.36. The number of hydrogen-bond donors (Lipinski definition) is 0. The average Bonchev–Trinajstić information content (AvgIpc) is 2.29. The number of ether oxygens (including phenoxy) is 1. The minimum Gasteiger partial charge on any atom is -0.494 e. The van der Waals surface area contributed by atoms with Crippen LogP contribution in [-0.2, 0) is 0 Å². The molecule has 1 nitrogen and oxygen atoms in total. The molecule has 0 aliphatic rings. The zero-order valence-electron chi connectivity index (χ0n) is 11.3. The Morgan fingerprint density at radius 3 is 2.39 bits per heavy atom. The highest BCUT2D eigenvalue weighted by molar-refractivity contribution is 6.58. The van der Waals surface area contributed by atoms with Crippen LogP contribution in [0.25, 0.3) is 5.57 Å². The normalized spacial score (nSPS) is 12.4. The van der Waals surface area contributed by atoms with Crippen LogP contribution in [-0.4, -0.2) is 6.61 Å². The zero-order valence-corrected chi connectivity index (χ0v) is 12.8. The molecule has 100 valence electrons. The lowest BCUT2D eigenvalue weighted by molar-refractivity contribution is 0.340. The number of rotatable bonds is 5. The van der Waals surface area contributed by atoms with Gasteiger partial charge in [-0.15, -0.1) is 0 Å². The first kappa shape index (κ1) is 15.4. The minimum atomic E-state index is 0.298. The van der Waals surface area contributed by atoms with Crippen LogP contribution in [0.1, 0.15) is 33.3 Å². The van der Waals surface area contributed by atoms with Crippen molar-refractivity contribution in [1.29, 1.82) is 0 Å². The predicted octanol–water partition coefficient (Wildman–Crippen LogP) is 5.52. The standard InChI is InChI=1S/C15H20Cl2O/c1-5-18-13-8-6-7-12(9-13)14(15(16)17)11(4)10(2)3/h6-11H,5H2,1-4H3. The van der Waals surface area contributed by atoms with E-state index in [1.807, 2.05) is 31.2 Å². The molecule has 0 heterocycles. The molecule has 0 aliphatic carbocycles. The van der Waals surface area contributed by atoms with Crippen molar-refractivity contribution in [3.8, 4) is 5.75 Å². The van der Waals surface area contributed by atoms with Gasteiger partial charge in [0.2, 0.25) is 0 Å². The summed E-state index contributed by atoms with van der Waals surface area (Å²) >= 11 is 12.1. The maximum absolute atomic E-state index is 6.05. The first-order valence-corrected chi connectivity index (χ1v) is 7.01. The summed E-state index contributed by atoms with van der Waals surface area (Å²) < 4.78 is 5.85. The van der Waals surface area contributed by atoms with Crippen molar-refractivity contribution in [2.75, 3.05) is 6.61 Å². The van der Waals surface area contributed by atoms with Crippen molar-refractivity contribution in [3.05, 3.63) is 34.3 Å². The molecule has 0 fully saturated rings. The summed E-state index contributed by atoms with van der Waals surface area (Å²) in [6, 6.07) is 7.90. The van der Waals surface area contributed by atoms with E-state index >= 15 is 0 Å². The monoisotopic (exact) mass is 286 g/mol. The lowest BCUT2D eigenvalue weighted by atomic mass is 9.87. The SMILES string of the molecule is CCOc1cccc(C(=C(Cl)Cl)C(C)C(C)C)c1. The molecule has 18 heavy (non-hydrogen) atoms. The van der Waals surface area contributed by atoms with Crippen molar-refractivity contribution in [2.24, 2.45) is 11.8 Å². The Bertz CT molecular complexity index is 420. The van der Waals surface area contributed by atoms with Gasteiger partial charge < -0.3 is 4.74 Å². The summed E-state index contributed by atoms with van der Waals surface area (Å²) in [5.41, 5.74) is 2.01. The molecule has 3 heteroatoms. The van der Waals surface area contributed by atoms with Crippen molar-refractivity contribution >= 4 is 28.8 Å². The highest BCUT2D eigenvalue weighted by Gasteiger charge is 2.18. The fourth-order valence-corrected chi connectivity index (χ4v) is 2.36. The molecule has 0 aliphatic heterocycles. The fraction of sp³-hybridized carbons (Fsp3) is 0.467. The Labute approximate surface area is 120 Å². The maximum Gasteiger partial charge on any atom is 0.119 e. The predicted molar refractivity (Wildman–Crippen MR) is 80.2 cm³/mol. The Balaban J connectivity index is 3.15. The van der Waals surface area contributed by atoms with Crippen LogP contribution in [0.3, 0.4) is 0 Å². The largest absolute Gasteiger partial charge is 0.494 e. The van der Waals surface area contributed by atoms with E-state index in [9.17, 15) is 0 Å². The van der Waals surface area contributed by atoms with Gasteiger partial charge in [-0.1, -0.05) is 56.1 Å². The lowest BCUT2D eigenvalue weighted by Gasteiger charge is -2.20. The molecule has 0 amide bonds. The number of halogens is 2. The van der Waals surface area contributed by atoms with E-state index in [1.165, 1.54) is 0 Å². The van der Waals surface area contributed by atoms with Gasteiger partial charge in [0.1, 0.15) is 10.2 Å². The fourth-order valence-electron chi connectivity index (χ4n) is 1.80. The van der Waals surface area contributed by atoms with E-state index in [0.717, 1.165) is 16.9 Å². The highest BCUT2D eigenvalue weighted by atomic mass is 35.5. The summed E-state index contributed by atoms with van der Waals surface area (Å²) in [6.07, 6.45) is 0. The van der Waals surface area contributed by atoms with E-state index in [4.69, 9.17) is 27.9 Å². The number of allylic oxidation sites excluding steroid dienone is 1. The molecule has 1 aromatic rings. The van der Waals surface area contributed by atoms with Crippen molar-refractivity contribution in [1.82, 2.24) is 0 Å². The maximum atomic E-state index is 6.05. The van der Waals surface area contributed by atoms with Gasteiger partial charge in [0, 0.05) is 0 Å². The lowest BCUT2D eigenvalue weighted by Crippen LogP contribution is -2.07. The van der Waals surface area contributed by atoms with Crippen LogP contribution in [0.5, 0.6) is 5.75 Å². The summed E-state index contributed by atoms with van der Waals surface area (Å²) in [4.78, 5) is 0. The van der Waals surface area contributed by atoms with E-state index < -0.39 is 0 Å². The molecule has 0 spiro atoms. The smallest absolute Gasteiger partial charge is 0.119 e. The summed E-state index contributed by atoms with van der Waals surface area (Å²) in [5.74, 6) is 1.62. The Morgan fingerprint density at radius 1 is 1.22 bits per heavy atom. The number of benzene rings is 1.